The van der Waals surface area contributed by atoms with Crippen molar-refractivity contribution in [2.24, 2.45) is 5.41 Å². The molecule has 0 bridgehead atoms. The van der Waals surface area contributed by atoms with E-state index in [0.717, 1.165) is 44.6 Å². The summed E-state index contributed by atoms with van der Waals surface area (Å²) in [6, 6.07) is 8.29. The van der Waals surface area contributed by atoms with E-state index in [2.05, 4.69) is 21.9 Å². The lowest BCUT2D eigenvalue weighted by atomic mass is 9.86. The van der Waals surface area contributed by atoms with Crippen molar-refractivity contribution in [3.05, 3.63) is 51.4 Å². The predicted molar refractivity (Wildman–Crippen MR) is 100 cm³/mol. The maximum Gasteiger partial charge on any atom is 0.272 e. The van der Waals surface area contributed by atoms with Crippen LogP contribution in [0, 0.1) is 5.41 Å². The summed E-state index contributed by atoms with van der Waals surface area (Å²) in [5.41, 5.74) is 0.784. The first kappa shape index (κ1) is 17.2. The summed E-state index contributed by atoms with van der Waals surface area (Å²) >= 11 is 5.91. The van der Waals surface area contributed by atoms with Gasteiger partial charge in [-0.2, -0.15) is 0 Å². The molecule has 1 amide bonds. The molecule has 0 saturated carbocycles. The van der Waals surface area contributed by atoms with Crippen LogP contribution in [0.2, 0.25) is 5.02 Å². The second-order valence-electron chi connectivity index (χ2n) is 7.45. The summed E-state index contributed by atoms with van der Waals surface area (Å²) in [4.78, 5) is 36.3. The molecule has 1 spiro atoms. The highest BCUT2D eigenvalue weighted by atomic mass is 35.5. The van der Waals surface area contributed by atoms with E-state index in [-0.39, 0.29) is 22.6 Å². The first-order chi connectivity index (χ1) is 12.4. The molecule has 2 aliphatic rings. The quantitative estimate of drug-likeness (QED) is 0.877. The Labute approximate surface area is 156 Å². The van der Waals surface area contributed by atoms with E-state index >= 15 is 0 Å². The van der Waals surface area contributed by atoms with Crippen molar-refractivity contribution in [3.8, 4) is 11.4 Å². The van der Waals surface area contributed by atoms with Gasteiger partial charge in [0.1, 0.15) is 11.5 Å². The van der Waals surface area contributed by atoms with Crippen LogP contribution < -0.4 is 5.56 Å². The Balaban J connectivity index is 1.59. The van der Waals surface area contributed by atoms with Gasteiger partial charge in [0.2, 0.25) is 0 Å². The molecule has 0 radical (unpaired) electrons. The number of H-pyrrole nitrogens is 1. The maximum atomic E-state index is 12.9. The third-order valence-corrected chi connectivity index (χ3v) is 5.69. The number of aromatic nitrogens is 2. The van der Waals surface area contributed by atoms with Gasteiger partial charge in [-0.3, -0.25) is 9.59 Å². The van der Waals surface area contributed by atoms with Gasteiger partial charge in [-0.05, 0) is 50.7 Å². The number of hydrogen-bond acceptors (Lipinski definition) is 4. The summed E-state index contributed by atoms with van der Waals surface area (Å²) in [5, 5.41) is 0.604. The molecular weight excluding hydrogens is 352 g/mol. The fourth-order valence-electron chi connectivity index (χ4n) is 4.07. The second-order valence-corrected chi connectivity index (χ2v) is 7.89. The molecule has 1 N–H and O–H groups in total. The Morgan fingerprint density at radius 2 is 1.92 bits per heavy atom. The second kappa shape index (κ2) is 6.52. The molecule has 4 rings (SSSR count). The fraction of sp³-hybridized carbons (Fsp3) is 0.421. The summed E-state index contributed by atoms with van der Waals surface area (Å²) in [5.74, 6) is 0.213. The lowest BCUT2D eigenvalue weighted by molar-refractivity contribution is 0.0768. The zero-order valence-electron chi connectivity index (χ0n) is 14.7. The first-order valence-corrected chi connectivity index (χ1v) is 9.17. The van der Waals surface area contributed by atoms with Gasteiger partial charge >= 0.3 is 0 Å². The van der Waals surface area contributed by atoms with Crippen LogP contribution in [0.25, 0.3) is 11.4 Å². The molecule has 3 heterocycles. The molecule has 0 aliphatic carbocycles. The van der Waals surface area contributed by atoms with Crippen molar-refractivity contribution in [2.45, 2.75) is 12.8 Å². The summed E-state index contributed by atoms with van der Waals surface area (Å²) in [6.07, 6.45) is 2.13. The number of carbonyl (C=O) groups excluding carboxylic acids is 1. The van der Waals surface area contributed by atoms with E-state index in [0.29, 0.717) is 10.8 Å². The van der Waals surface area contributed by atoms with Crippen molar-refractivity contribution in [2.75, 3.05) is 33.2 Å². The minimum Gasteiger partial charge on any atom is -0.337 e. The third kappa shape index (κ3) is 3.27. The molecule has 26 heavy (non-hydrogen) atoms. The van der Waals surface area contributed by atoms with Crippen LogP contribution in [-0.2, 0) is 0 Å². The highest BCUT2D eigenvalue weighted by Gasteiger charge is 2.44. The van der Waals surface area contributed by atoms with Crippen LogP contribution in [0.1, 0.15) is 23.3 Å². The number of amides is 1. The van der Waals surface area contributed by atoms with Crippen molar-refractivity contribution in [3.63, 3.8) is 0 Å². The van der Waals surface area contributed by atoms with Crippen LogP contribution >= 0.6 is 11.6 Å². The van der Waals surface area contributed by atoms with Crippen molar-refractivity contribution < 1.29 is 4.79 Å². The molecule has 1 aromatic heterocycles. The van der Waals surface area contributed by atoms with Gasteiger partial charge in [-0.15, -0.1) is 0 Å². The van der Waals surface area contributed by atoms with E-state index < -0.39 is 0 Å². The van der Waals surface area contributed by atoms with Crippen LogP contribution in [0.15, 0.2) is 35.1 Å². The number of benzene rings is 1. The molecule has 2 fully saturated rings. The Bertz CT molecular complexity index is 895. The van der Waals surface area contributed by atoms with Crippen molar-refractivity contribution in [1.29, 1.82) is 0 Å². The van der Waals surface area contributed by atoms with Crippen LogP contribution in [0.5, 0.6) is 0 Å². The lowest BCUT2D eigenvalue weighted by Crippen LogP contribution is -2.34. The molecule has 1 atom stereocenters. The highest BCUT2D eigenvalue weighted by molar-refractivity contribution is 6.30. The molecule has 6 nitrogen and oxygen atoms in total. The Morgan fingerprint density at radius 3 is 2.62 bits per heavy atom. The van der Waals surface area contributed by atoms with E-state index in [1.54, 1.807) is 24.3 Å². The maximum absolute atomic E-state index is 12.9. The third-order valence-electron chi connectivity index (χ3n) is 5.43. The SMILES string of the molecule is CN1CCC2(CCN(C(=O)c3cc(=O)[nH]c(-c4ccc(Cl)cc4)n3)C2)C1. The molecule has 1 aromatic carbocycles. The number of hydrogen-bond donors (Lipinski definition) is 1. The lowest BCUT2D eigenvalue weighted by Gasteiger charge is -2.23. The Morgan fingerprint density at radius 1 is 1.19 bits per heavy atom. The number of carbonyl (C=O) groups is 1. The van der Waals surface area contributed by atoms with E-state index in [1.165, 1.54) is 6.07 Å². The van der Waals surface area contributed by atoms with Crippen molar-refractivity contribution >= 4 is 17.5 Å². The summed E-state index contributed by atoms with van der Waals surface area (Å²) in [7, 11) is 2.12. The Hall–Kier alpha value is -2.18. The normalized spacial score (nSPS) is 23.1. The number of aromatic amines is 1. The molecule has 2 aromatic rings. The number of rotatable bonds is 2. The topological polar surface area (TPSA) is 69.3 Å². The van der Waals surface area contributed by atoms with Crippen molar-refractivity contribution in [1.82, 2.24) is 19.8 Å². The summed E-state index contributed by atoms with van der Waals surface area (Å²) < 4.78 is 0. The van der Waals surface area contributed by atoms with Gasteiger partial charge < -0.3 is 14.8 Å². The molecule has 2 aliphatic heterocycles. The standard InChI is InChI=1S/C19H21ClN4O2/c1-23-8-6-19(11-23)7-9-24(12-19)18(26)15-10-16(25)22-17(21-15)13-2-4-14(20)5-3-13/h2-5,10H,6-9,11-12H2,1H3,(H,21,22,25). The van der Waals surface area contributed by atoms with Gasteiger partial charge in [-0.25, -0.2) is 4.98 Å². The minimum absolute atomic E-state index is 0.169. The van der Waals surface area contributed by atoms with Crippen LogP contribution in [0.3, 0.4) is 0 Å². The average molecular weight is 373 g/mol. The summed E-state index contributed by atoms with van der Waals surface area (Å²) in [6.45, 7) is 3.56. The Kier molecular flexibility index (Phi) is 4.32. The highest BCUT2D eigenvalue weighted by Crippen LogP contribution is 2.39. The van der Waals surface area contributed by atoms with Gasteiger partial charge in [-0.1, -0.05) is 11.6 Å². The van der Waals surface area contributed by atoms with E-state index in [9.17, 15) is 9.59 Å². The molecule has 2 saturated heterocycles. The smallest absolute Gasteiger partial charge is 0.272 e. The van der Waals surface area contributed by atoms with Crippen LogP contribution in [0.4, 0.5) is 0 Å². The van der Waals surface area contributed by atoms with Gasteiger partial charge in [0.15, 0.2) is 0 Å². The number of halogens is 1. The zero-order chi connectivity index (χ0) is 18.3. The number of nitrogens with zero attached hydrogens (tertiary/aromatic N) is 3. The van der Waals surface area contributed by atoms with E-state index in [4.69, 9.17) is 11.6 Å². The fourth-order valence-corrected chi connectivity index (χ4v) is 4.20. The average Bonchev–Trinajstić information content (AvgIpc) is 3.20. The van der Waals surface area contributed by atoms with Gasteiger partial charge in [0.05, 0.1) is 0 Å². The molecule has 1 unspecified atom stereocenters. The molecular formula is C19H21ClN4O2. The van der Waals surface area contributed by atoms with Gasteiger partial charge in [0, 0.05) is 41.7 Å². The molecule has 7 heteroatoms. The largest absolute Gasteiger partial charge is 0.337 e. The predicted octanol–water partition coefficient (Wildman–Crippen LogP) is 2.26. The van der Waals surface area contributed by atoms with Gasteiger partial charge in [0.25, 0.3) is 11.5 Å². The van der Waals surface area contributed by atoms with Crippen LogP contribution in [-0.4, -0.2) is 58.9 Å². The minimum atomic E-state index is -0.331. The molecule has 136 valence electrons. The first-order valence-electron chi connectivity index (χ1n) is 8.79. The monoisotopic (exact) mass is 372 g/mol. The number of likely N-dealkylation sites (tertiary alicyclic amines) is 2. The van der Waals surface area contributed by atoms with E-state index in [1.807, 2.05) is 4.90 Å². The zero-order valence-corrected chi connectivity index (χ0v) is 15.4. The number of nitrogens with one attached hydrogen (secondary N) is 1.